The van der Waals surface area contributed by atoms with Crippen molar-refractivity contribution in [2.24, 2.45) is 0 Å². The van der Waals surface area contributed by atoms with E-state index in [2.05, 4.69) is 5.10 Å². The SMILES string of the molecule is OCc1c(-c2ccccc2)nn(-c2ccccc2F)c1Cl. The summed E-state index contributed by atoms with van der Waals surface area (Å²) in [7, 11) is 0. The predicted molar refractivity (Wildman–Crippen MR) is 79.9 cm³/mol. The maximum Gasteiger partial charge on any atom is 0.148 e. The van der Waals surface area contributed by atoms with E-state index in [0.29, 0.717) is 11.3 Å². The Morgan fingerprint density at radius 1 is 1.05 bits per heavy atom. The van der Waals surface area contributed by atoms with Crippen LogP contribution in [0.15, 0.2) is 54.6 Å². The van der Waals surface area contributed by atoms with Crippen LogP contribution in [0.25, 0.3) is 16.9 Å². The molecule has 3 nitrogen and oxygen atoms in total. The molecule has 3 rings (SSSR count). The van der Waals surface area contributed by atoms with Gasteiger partial charge < -0.3 is 5.11 Å². The third kappa shape index (κ3) is 2.44. The number of aliphatic hydroxyl groups excluding tert-OH is 1. The first-order chi connectivity index (χ1) is 10.2. The Bertz CT molecular complexity index is 771. The number of nitrogens with zero attached hydrogens (tertiary/aromatic N) is 2. The van der Waals surface area contributed by atoms with Crippen LogP contribution in [-0.2, 0) is 6.61 Å². The van der Waals surface area contributed by atoms with Crippen molar-refractivity contribution in [1.82, 2.24) is 9.78 Å². The van der Waals surface area contributed by atoms with Gasteiger partial charge in [0.05, 0.1) is 12.3 Å². The zero-order valence-electron chi connectivity index (χ0n) is 11.0. The first kappa shape index (κ1) is 13.8. The lowest BCUT2D eigenvalue weighted by Gasteiger charge is -2.04. The van der Waals surface area contributed by atoms with E-state index in [1.165, 1.54) is 10.7 Å². The van der Waals surface area contributed by atoms with E-state index < -0.39 is 5.82 Å². The van der Waals surface area contributed by atoms with Crippen molar-refractivity contribution in [2.75, 3.05) is 0 Å². The van der Waals surface area contributed by atoms with Gasteiger partial charge in [-0.2, -0.15) is 5.10 Å². The molecule has 21 heavy (non-hydrogen) atoms. The fourth-order valence-corrected chi connectivity index (χ4v) is 2.46. The first-order valence-corrected chi connectivity index (χ1v) is 6.78. The number of halogens is 2. The third-order valence-corrected chi connectivity index (χ3v) is 3.60. The van der Waals surface area contributed by atoms with Gasteiger partial charge >= 0.3 is 0 Å². The van der Waals surface area contributed by atoms with E-state index >= 15 is 0 Å². The molecule has 1 N–H and O–H groups in total. The quantitative estimate of drug-likeness (QED) is 0.798. The van der Waals surface area contributed by atoms with Crippen LogP contribution in [0.3, 0.4) is 0 Å². The molecule has 0 amide bonds. The lowest BCUT2D eigenvalue weighted by atomic mass is 10.1. The van der Waals surface area contributed by atoms with Crippen molar-refractivity contribution < 1.29 is 9.50 Å². The van der Waals surface area contributed by atoms with Gasteiger partial charge in [0.25, 0.3) is 0 Å². The van der Waals surface area contributed by atoms with Gasteiger partial charge in [-0.1, -0.05) is 54.1 Å². The highest BCUT2D eigenvalue weighted by Gasteiger charge is 2.19. The molecular formula is C16H12ClFN2O. The molecule has 0 atom stereocenters. The molecule has 1 heterocycles. The number of benzene rings is 2. The Morgan fingerprint density at radius 3 is 2.38 bits per heavy atom. The maximum atomic E-state index is 13.9. The first-order valence-electron chi connectivity index (χ1n) is 6.41. The van der Waals surface area contributed by atoms with Crippen molar-refractivity contribution in [3.8, 4) is 16.9 Å². The summed E-state index contributed by atoms with van der Waals surface area (Å²) >= 11 is 6.26. The van der Waals surface area contributed by atoms with Gasteiger partial charge in [-0.25, -0.2) is 9.07 Å². The number of hydrogen-bond acceptors (Lipinski definition) is 2. The predicted octanol–water partition coefficient (Wildman–Crippen LogP) is 3.82. The van der Waals surface area contributed by atoms with Crippen molar-refractivity contribution in [1.29, 1.82) is 0 Å². The average Bonchev–Trinajstić information content (AvgIpc) is 2.85. The number of aromatic nitrogens is 2. The molecule has 0 aliphatic carbocycles. The van der Waals surface area contributed by atoms with Crippen LogP contribution in [-0.4, -0.2) is 14.9 Å². The second-order valence-corrected chi connectivity index (χ2v) is 4.86. The largest absolute Gasteiger partial charge is 0.391 e. The zero-order chi connectivity index (χ0) is 14.8. The topological polar surface area (TPSA) is 38.1 Å². The van der Waals surface area contributed by atoms with E-state index in [-0.39, 0.29) is 17.4 Å². The zero-order valence-corrected chi connectivity index (χ0v) is 11.8. The molecule has 2 aromatic carbocycles. The van der Waals surface area contributed by atoms with Crippen LogP contribution in [0.5, 0.6) is 0 Å². The standard InChI is InChI=1S/C16H12ClFN2O/c17-16-12(10-21)15(11-6-2-1-3-7-11)19-20(16)14-9-5-4-8-13(14)18/h1-9,21H,10H2. The summed E-state index contributed by atoms with van der Waals surface area (Å²) in [5.74, 6) is -0.425. The molecule has 0 saturated heterocycles. The van der Waals surface area contributed by atoms with E-state index in [1.807, 2.05) is 30.3 Å². The molecule has 0 spiro atoms. The van der Waals surface area contributed by atoms with E-state index in [4.69, 9.17) is 11.6 Å². The summed E-state index contributed by atoms with van der Waals surface area (Å²) in [6.07, 6.45) is 0. The molecule has 0 aliphatic heterocycles. The van der Waals surface area contributed by atoms with Gasteiger partial charge in [-0.15, -0.1) is 0 Å². The minimum Gasteiger partial charge on any atom is -0.391 e. The van der Waals surface area contributed by atoms with Crippen LogP contribution in [0.2, 0.25) is 5.15 Å². The highest BCUT2D eigenvalue weighted by molar-refractivity contribution is 6.31. The van der Waals surface area contributed by atoms with Crippen LogP contribution in [0, 0.1) is 5.82 Å². The van der Waals surface area contributed by atoms with Gasteiger partial charge in [0.15, 0.2) is 0 Å². The van der Waals surface area contributed by atoms with Crippen LogP contribution >= 0.6 is 11.6 Å². The Kier molecular flexibility index (Phi) is 3.73. The van der Waals surface area contributed by atoms with Gasteiger partial charge in [-0.3, -0.25) is 0 Å². The van der Waals surface area contributed by atoms with E-state index in [9.17, 15) is 9.50 Å². The van der Waals surface area contributed by atoms with Crippen molar-refractivity contribution >= 4 is 11.6 Å². The molecule has 0 saturated carbocycles. The minimum absolute atomic E-state index is 0.210. The Labute approximate surface area is 126 Å². The van der Waals surface area contributed by atoms with Crippen molar-refractivity contribution in [3.05, 3.63) is 71.1 Å². The molecule has 0 fully saturated rings. The molecule has 0 bridgehead atoms. The van der Waals surface area contributed by atoms with Crippen LogP contribution < -0.4 is 0 Å². The maximum absolute atomic E-state index is 13.9. The molecule has 106 valence electrons. The van der Waals surface area contributed by atoms with E-state index in [0.717, 1.165) is 5.56 Å². The molecule has 3 aromatic rings. The lowest BCUT2D eigenvalue weighted by molar-refractivity contribution is 0.282. The summed E-state index contributed by atoms with van der Waals surface area (Å²) in [4.78, 5) is 0. The summed E-state index contributed by atoms with van der Waals surface area (Å²) in [6.45, 7) is -0.266. The Hall–Kier alpha value is -2.17. The molecule has 0 radical (unpaired) electrons. The normalized spacial score (nSPS) is 10.8. The number of para-hydroxylation sites is 1. The number of hydrogen-bond donors (Lipinski definition) is 1. The molecule has 0 aliphatic rings. The Balaban J connectivity index is 2.21. The van der Waals surface area contributed by atoms with Gasteiger partial charge in [0.2, 0.25) is 0 Å². The smallest absolute Gasteiger partial charge is 0.148 e. The lowest BCUT2D eigenvalue weighted by Crippen LogP contribution is -1.99. The number of rotatable bonds is 3. The third-order valence-electron chi connectivity index (χ3n) is 3.21. The number of aliphatic hydroxyl groups is 1. The van der Waals surface area contributed by atoms with E-state index in [1.54, 1.807) is 18.2 Å². The summed E-state index contributed by atoms with van der Waals surface area (Å²) < 4.78 is 15.2. The van der Waals surface area contributed by atoms with Crippen molar-refractivity contribution in [3.63, 3.8) is 0 Å². The van der Waals surface area contributed by atoms with Crippen LogP contribution in [0.4, 0.5) is 4.39 Å². The summed E-state index contributed by atoms with van der Waals surface area (Å²) in [5.41, 5.74) is 2.09. The summed E-state index contributed by atoms with van der Waals surface area (Å²) in [5, 5.41) is 14.1. The molecular weight excluding hydrogens is 291 g/mol. The van der Waals surface area contributed by atoms with Crippen molar-refractivity contribution in [2.45, 2.75) is 6.61 Å². The highest BCUT2D eigenvalue weighted by Crippen LogP contribution is 2.31. The average molecular weight is 303 g/mol. The second kappa shape index (κ2) is 5.68. The van der Waals surface area contributed by atoms with Gasteiger partial charge in [0.1, 0.15) is 16.7 Å². The van der Waals surface area contributed by atoms with Crippen LogP contribution in [0.1, 0.15) is 5.56 Å². The second-order valence-electron chi connectivity index (χ2n) is 4.51. The Morgan fingerprint density at radius 2 is 1.71 bits per heavy atom. The molecule has 0 unspecified atom stereocenters. The summed E-state index contributed by atoms with van der Waals surface area (Å²) in [6, 6.07) is 15.6. The fraction of sp³-hybridized carbons (Fsp3) is 0.0625. The fourth-order valence-electron chi connectivity index (χ4n) is 2.18. The minimum atomic E-state index is -0.425. The van der Waals surface area contributed by atoms with Gasteiger partial charge in [0, 0.05) is 11.1 Å². The molecule has 5 heteroatoms. The monoisotopic (exact) mass is 302 g/mol. The molecule has 1 aromatic heterocycles. The highest BCUT2D eigenvalue weighted by atomic mass is 35.5. The van der Waals surface area contributed by atoms with Gasteiger partial charge in [-0.05, 0) is 12.1 Å².